The second-order valence-electron chi connectivity index (χ2n) is 7.75. The molecule has 7 nitrogen and oxygen atoms in total. The molecule has 0 radical (unpaired) electrons. The number of H-pyrrole nitrogens is 1. The Morgan fingerprint density at radius 2 is 2.07 bits per heavy atom. The van der Waals surface area contributed by atoms with Crippen molar-refractivity contribution in [1.82, 2.24) is 24.7 Å². The lowest BCUT2D eigenvalue weighted by atomic mass is 9.77. The van der Waals surface area contributed by atoms with Gasteiger partial charge < -0.3 is 14.8 Å². The summed E-state index contributed by atoms with van der Waals surface area (Å²) < 4.78 is 33.7. The Morgan fingerprint density at radius 1 is 1.29 bits per heavy atom. The van der Waals surface area contributed by atoms with Crippen LogP contribution in [0.15, 0.2) is 18.3 Å². The molecule has 1 saturated heterocycles. The van der Waals surface area contributed by atoms with Crippen molar-refractivity contribution in [2.75, 3.05) is 13.2 Å². The summed E-state index contributed by atoms with van der Waals surface area (Å²) >= 11 is 0. The summed E-state index contributed by atoms with van der Waals surface area (Å²) in [5.41, 5.74) is 2.44. The largest absolute Gasteiger partial charge is 0.493 e. The lowest BCUT2D eigenvalue weighted by Gasteiger charge is -2.34. The summed E-state index contributed by atoms with van der Waals surface area (Å²) in [6.07, 6.45) is 3.56. The van der Waals surface area contributed by atoms with E-state index in [4.69, 9.17) is 4.74 Å². The number of hydrogen-bond acceptors (Lipinski definition) is 5. The molecule has 2 aliphatic rings. The van der Waals surface area contributed by atoms with Crippen molar-refractivity contribution < 1.29 is 18.6 Å². The van der Waals surface area contributed by atoms with Crippen LogP contribution in [0.1, 0.15) is 42.9 Å². The van der Waals surface area contributed by atoms with Crippen LogP contribution in [0.3, 0.4) is 0 Å². The molecule has 2 N–H and O–H groups in total. The van der Waals surface area contributed by atoms with Crippen molar-refractivity contribution in [2.45, 2.75) is 43.9 Å². The van der Waals surface area contributed by atoms with Crippen LogP contribution in [0, 0.1) is 5.92 Å². The third-order valence-electron chi connectivity index (χ3n) is 5.74. The molecular formula is C19H21F2N5O2. The van der Waals surface area contributed by atoms with Crippen molar-refractivity contribution in [1.29, 1.82) is 0 Å². The zero-order chi connectivity index (χ0) is 19.3. The Morgan fingerprint density at radius 3 is 2.79 bits per heavy atom. The van der Waals surface area contributed by atoms with E-state index in [-0.39, 0.29) is 24.6 Å². The van der Waals surface area contributed by atoms with Gasteiger partial charge in [0.1, 0.15) is 5.52 Å². The van der Waals surface area contributed by atoms with Crippen LogP contribution in [-0.2, 0) is 11.2 Å². The summed E-state index contributed by atoms with van der Waals surface area (Å²) in [4.78, 5) is 11.7. The molecule has 0 amide bonds. The van der Waals surface area contributed by atoms with Crippen LogP contribution in [0.2, 0.25) is 0 Å². The smallest absolute Gasteiger partial charge is 0.249 e. The fourth-order valence-corrected chi connectivity index (χ4v) is 4.15. The first-order valence-corrected chi connectivity index (χ1v) is 9.57. The number of alkyl halides is 2. The first-order valence-electron chi connectivity index (χ1n) is 9.57. The highest BCUT2D eigenvalue weighted by Gasteiger charge is 2.48. The molecular weight excluding hydrogens is 368 g/mol. The molecule has 0 spiro atoms. The van der Waals surface area contributed by atoms with Crippen molar-refractivity contribution in [3.05, 3.63) is 29.6 Å². The predicted octanol–water partition coefficient (Wildman–Crippen LogP) is 3.33. The second kappa shape index (κ2) is 6.51. The summed E-state index contributed by atoms with van der Waals surface area (Å²) in [7, 11) is 0. The third kappa shape index (κ3) is 3.03. The number of rotatable bonds is 4. The van der Waals surface area contributed by atoms with Crippen LogP contribution < -0.4 is 0 Å². The van der Waals surface area contributed by atoms with E-state index >= 15 is 0 Å². The highest BCUT2D eigenvalue weighted by Crippen LogP contribution is 2.50. The van der Waals surface area contributed by atoms with E-state index in [1.54, 1.807) is 18.3 Å². The number of pyridine rings is 1. The lowest BCUT2D eigenvalue weighted by Crippen LogP contribution is -2.34. The van der Waals surface area contributed by atoms with Gasteiger partial charge in [-0.25, -0.2) is 18.7 Å². The van der Waals surface area contributed by atoms with Crippen molar-refractivity contribution >= 4 is 11.2 Å². The minimum absolute atomic E-state index is 0.0317. The summed E-state index contributed by atoms with van der Waals surface area (Å²) in [5.74, 6) is -2.36. The van der Waals surface area contributed by atoms with E-state index in [9.17, 15) is 13.9 Å². The van der Waals surface area contributed by atoms with Gasteiger partial charge in [-0.3, -0.25) is 0 Å². The molecule has 4 heterocycles. The molecule has 28 heavy (non-hydrogen) atoms. The number of ether oxygens (including phenoxy) is 1. The van der Waals surface area contributed by atoms with E-state index in [2.05, 4.69) is 20.1 Å². The molecule has 1 aliphatic carbocycles. The fourth-order valence-electron chi connectivity index (χ4n) is 4.15. The highest BCUT2D eigenvalue weighted by atomic mass is 19.3. The Balaban J connectivity index is 1.54. The van der Waals surface area contributed by atoms with Gasteiger partial charge in [0.05, 0.1) is 5.69 Å². The summed E-state index contributed by atoms with van der Waals surface area (Å²) in [6.45, 7) is 1.37. The van der Waals surface area contributed by atoms with Gasteiger partial charge in [0.15, 0.2) is 5.65 Å². The second-order valence-corrected chi connectivity index (χ2v) is 7.75. The predicted molar refractivity (Wildman–Crippen MR) is 96.8 cm³/mol. The number of nitrogens with zero attached hydrogens (tertiary/aromatic N) is 4. The van der Waals surface area contributed by atoms with Crippen LogP contribution in [-0.4, -0.2) is 49.0 Å². The van der Waals surface area contributed by atoms with Gasteiger partial charge in [-0.05, 0) is 37.3 Å². The SMILES string of the molecule is Oc1c(CC2CCOCC2)c(C2CC(F)(F)C2)nn1-c1nc2cccnc2[nH]1. The molecule has 2 fully saturated rings. The fraction of sp³-hybridized carbons (Fsp3) is 0.526. The molecule has 0 bridgehead atoms. The topological polar surface area (TPSA) is 88.8 Å². The molecule has 5 rings (SSSR count). The van der Waals surface area contributed by atoms with Crippen LogP contribution in [0.4, 0.5) is 8.78 Å². The number of nitrogens with one attached hydrogen (secondary N) is 1. The van der Waals surface area contributed by atoms with E-state index < -0.39 is 5.92 Å². The number of fused-ring (bicyclic) bond motifs is 1. The van der Waals surface area contributed by atoms with Gasteiger partial charge in [0.25, 0.3) is 0 Å². The Bertz CT molecular complexity index is 968. The van der Waals surface area contributed by atoms with Crippen molar-refractivity contribution in [2.24, 2.45) is 5.92 Å². The third-order valence-corrected chi connectivity index (χ3v) is 5.74. The zero-order valence-electron chi connectivity index (χ0n) is 15.2. The first-order chi connectivity index (χ1) is 13.5. The van der Waals surface area contributed by atoms with Crippen LogP contribution >= 0.6 is 0 Å². The maximum Gasteiger partial charge on any atom is 0.249 e. The Kier molecular flexibility index (Phi) is 4.08. The van der Waals surface area contributed by atoms with Gasteiger partial charge in [-0.2, -0.15) is 9.78 Å². The molecule has 0 atom stereocenters. The molecule has 1 aliphatic heterocycles. The molecule has 3 aromatic rings. The molecule has 3 aromatic heterocycles. The number of halogens is 2. The maximum atomic E-state index is 13.5. The number of imidazole rings is 1. The lowest BCUT2D eigenvalue weighted by molar-refractivity contribution is -0.0878. The number of hydrogen-bond donors (Lipinski definition) is 2. The number of aromatic amines is 1. The Labute approximate surface area is 159 Å². The van der Waals surface area contributed by atoms with Gasteiger partial charge in [0.2, 0.25) is 17.8 Å². The van der Waals surface area contributed by atoms with E-state index in [1.165, 1.54) is 4.68 Å². The average molecular weight is 389 g/mol. The highest BCUT2D eigenvalue weighted by molar-refractivity contribution is 5.71. The summed E-state index contributed by atoms with van der Waals surface area (Å²) in [6, 6.07) is 3.58. The first kappa shape index (κ1) is 17.5. The number of aromatic hydroxyl groups is 1. The van der Waals surface area contributed by atoms with Crippen molar-refractivity contribution in [3.8, 4) is 11.8 Å². The van der Waals surface area contributed by atoms with Gasteiger partial charge >= 0.3 is 0 Å². The van der Waals surface area contributed by atoms with E-state index in [1.807, 2.05) is 0 Å². The summed E-state index contributed by atoms with van der Waals surface area (Å²) in [5, 5.41) is 15.4. The monoisotopic (exact) mass is 389 g/mol. The zero-order valence-corrected chi connectivity index (χ0v) is 15.2. The van der Waals surface area contributed by atoms with Gasteiger partial charge in [-0.1, -0.05) is 0 Å². The van der Waals surface area contributed by atoms with Gasteiger partial charge in [-0.15, -0.1) is 0 Å². The molecule has 1 saturated carbocycles. The van der Waals surface area contributed by atoms with E-state index in [0.29, 0.717) is 53.9 Å². The standard InChI is InChI=1S/C19H21F2N5O2/c20-19(21)9-12(10-19)15-13(8-11-3-6-28-7-4-11)17(27)26(25-15)18-23-14-2-1-5-22-16(14)24-18/h1-2,5,11-12,27H,3-4,6-10H2,(H,22,23,24). The van der Waals surface area contributed by atoms with Crippen molar-refractivity contribution in [3.63, 3.8) is 0 Å². The number of aromatic nitrogens is 5. The molecule has 9 heteroatoms. The van der Waals surface area contributed by atoms with Gasteiger partial charge in [0, 0.05) is 43.7 Å². The van der Waals surface area contributed by atoms with Crippen LogP contribution in [0.5, 0.6) is 5.88 Å². The van der Waals surface area contributed by atoms with Crippen LogP contribution in [0.25, 0.3) is 17.1 Å². The normalized spacial score (nSPS) is 20.5. The molecule has 0 aromatic carbocycles. The quantitative estimate of drug-likeness (QED) is 0.715. The maximum absolute atomic E-state index is 13.5. The minimum Gasteiger partial charge on any atom is -0.493 e. The molecule has 148 valence electrons. The van der Waals surface area contributed by atoms with E-state index in [0.717, 1.165) is 12.8 Å². The minimum atomic E-state index is -2.65. The Hall–Kier alpha value is -2.55. The molecule has 0 unspecified atom stereocenters. The average Bonchev–Trinajstić information content (AvgIpc) is 3.22.